The van der Waals surface area contributed by atoms with Gasteiger partial charge in [-0.2, -0.15) is 0 Å². The van der Waals surface area contributed by atoms with Crippen LogP contribution in [0.4, 0.5) is 5.69 Å². The smallest absolute Gasteiger partial charge is 0.221 e. The summed E-state index contributed by atoms with van der Waals surface area (Å²) in [6.07, 6.45) is 3.82. The Hall–Kier alpha value is -3.21. The van der Waals surface area contributed by atoms with Crippen molar-refractivity contribution in [2.24, 2.45) is 0 Å². The van der Waals surface area contributed by atoms with Gasteiger partial charge in [0.15, 0.2) is 5.78 Å². The van der Waals surface area contributed by atoms with Crippen LogP contribution >= 0.6 is 0 Å². The Balaban J connectivity index is 2.12. The Kier molecular flexibility index (Phi) is 6.85. The lowest BCUT2D eigenvalue weighted by Gasteiger charge is -2.14. The highest BCUT2D eigenvalue weighted by Gasteiger charge is 2.14. The summed E-state index contributed by atoms with van der Waals surface area (Å²) in [7, 11) is 0. The topological polar surface area (TPSA) is 75.3 Å². The molecule has 0 bridgehead atoms. The number of hydrogen-bond acceptors (Lipinski definition) is 3. The van der Waals surface area contributed by atoms with E-state index in [0.29, 0.717) is 11.3 Å². The molecule has 1 unspecified atom stereocenters. The van der Waals surface area contributed by atoms with Gasteiger partial charge in [0.05, 0.1) is 6.04 Å². The molecule has 2 aromatic rings. The standard InChI is InChI=1S/C21H22N2O3/c1-15(24)22-19-10-6-9-18(13-19)21(26)14-20(23-16(2)25)12-11-17-7-4-3-5-8-17/h3-13,20H,14H2,1-2H3,(H,22,24)(H,23,25)/b12-11+. The highest BCUT2D eigenvalue weighted by Crippen LogP contribution is 2.14. The molecule has 0 fully saturated rings. The molecule has 2 N–H and O–H groups in total. The first kappa shape index (κ1) is 19.1. The SMILES string of the molecule is CC(=O)Nc1cccc(C(=O)CC(/C=C/c2ccccc2)NC(C)=O)c1. The zero-order valence-corrected chi connectivity index (χ0v) is 14.9. The lowest BCUT2D eigenvalue weighted by atomic mass is 10.0. The first-order valence-corrected chi connectivity index (χ1v) is 8.35. The molecular formula is C21H22N2O3. The molecule has 2 aromatic carbocycles. The fourth-order valence-corrected chi connectivity index (χ4v) is 2.51. The predicted octanol–water partition coefficient (Wildman–Crippen LogP) is 3.44. The van der Waals surface area contributed by atoms with Crippen LogP contribution in [0.25, 0.3) is 6.08 Å². The summed E-state index contributed by atoms with van der Waals surface area (Å²) in [6.45, 7) is 2.83. The average Bonchev–Trinajstić information content (AvgIpc) is 2.60. The average molecular weight is 350 g/mol. The first-order valence-electron chi connectivity index (χ1n) is 8.35. The van der Waals surface area contributed by atoms with E-state index in [2.05, 4.69) is 10.6 Å². The van der Waals surface area contributed by atoms with Crippen LogP contribution in [-0.4, -0.2) is 23.6 Å². The van der Waals surface area contributed by atoms with Crippen LogP contribution in [0, 0.1) is 0 Å². The van der Waals surface area contributed by atoms with Gasteiger partial charge in [0, 0.05) is 31.5 Å². The molecule has 0 saturated carbocycles. The lowest BCUT2D eigenvalue weighted by molar-refractivity contribution is -0.119. The zero-order valence-electron chi connectivity index (χ0n) is 14.9. The van der Waals surface area contributed by atoms with Crippen molar-refractivity contribution in [2.45, 2.75) is 26.3 Å². The molecule has 0 spiro atoms. The van der Waals surface area contributed by atoms with Gasteiger partial charge >= 0.3 is 0 Å². The Morgan fingerprint density at radius 1 is 0.962 bits per heavy atom. The summed E-state index contributed by atoms with van der Waals surface area (Å²) in [5, 5.41) is 5.44. The second-order valence-electron chi connectivity index (χ2n) is 5.97. The van der Waals surface area contributed by atoms with Gasteiger partial charge in [-0.3, -0.25) is 14.4 Å². The van der Waals surface area contributed by atoms with E-state index in [1.54, 1.807) is 24.3 Å². The van der Waals surface area contributed by atoms with Gasteiger partial charge < -0.3 is 10.6 Å². The molecule has 0 heterocycles. The van der Waals surface area contributed by atoms with E-state index >= 15 is 0 Å². The van der Waals surface area contributed by atoms with Gasteiger partial charge in [0.2, 0.25) is 11.8 Å². The third-order valence-corrected chi connectivity index (χ3v) is 3.62. The number of benzene rings is 2. The summed E-state index contributed by atoms with van der Waals surface area (Å²) >= 11 is 0. The minimum atomic E-state index is -0.412. The van der Waals surface area contributed by atoms with Crippen LogP contribution < -0.4 is 10.6 Å². The lowest BCUT2D eigenvalue weighted by Crippen LogP contribution is -2.33. The number of Topliss-reactive ketones (excluding diaryl/α,β-unsaturated/α-hetero) is 1. The van der Waals surface area contributed by atoms with Crippen LogP contribution in [0.2, 0.25) is 0 Å². The van der Waals surface area contributed by atoms with E-state index in [-0.39, 0.29) is 24.0 Å². The Bertz CT molecular complexity index is 813. The first-order chi connectivity index (χ1) is 12.4. The zero-order chi connectivity index (χ0) is 18.9. The summed E-state index contributed by atoms with van der Waals surface area (Å²) < 4.78 is 0. The molecule has 0 aliphatic carbocycles. The molecule has 0 saturated heterocycles. The molecular weight excluding hydrogens is 328 g/mol. The van der Waals surface area contributed by atoms with Gasteiger partial charge in [-0.05, 0) is 17.7 Å². The van der Waals surface area contributed by atoms with Gasteiger partial charge in [-0.25, -0.2) is 0 Å². The monoisotopic (exact) mass is 350 g/mol. The number of rotatable bonds is 7. The van der Waals surface area contributed by atoms with E-state index in [9.17, 15) is 14.4 Å². The van der Waals surface area contributed by atoms with Gasteiger partial charge in [-0.15, -0.1) is 0 Å². The number of nitrogens with one attached hydrogen (secondary N) is 2. The molecule has 5 heteroatoms. The third kappa shape index (κ3) is 6.36. The fraction of sp³-hybridized carbons (Fsp3) is 0.190. The summed E-state index contributed by atoms with van der Waals surface area (Å²) in [6, 6.07) is 16.0. The summed E-state index contributed by atoms with van der Waals surface area (Å²) in [5.74, 6) is -0.516. The van der Waals surface area contributed by atoms with Crippen LogP contribution in [0.1, 0.15) is 36.2 Å². The maximum absolute atomic E-state index is 12.6. The van der Waals surface area contributed by atoms with Crippen molar-refractivity contribution >= 4 is 29.4 Å². The largest absolute Gasteiger partial charge is 0.350 e. The van der Waals surface area contributed by atoms with Gasteiger partial charge in [0.1, 0.15) is 0 Å². The van der Waals surface area contributed by atoms with Crippen molar-refractivity contribution in [1.82, 2.24) is 5.32 Å². The second kappa shape index (κ2) is 9.32. The van der Waals surface area contributed by atoms with Crippen molar-refractivity contribution in [3.05, 3.63) is 71.8 Å². The molecule has 5 nitrogen and oxygen atoms in total. The van der Waals surface area contributed by atoms with Crippen molar-refractivity contribution in [1.29, 1.82) is 0 Å². The van der Waals surface area contributed by atoms with E-state index < -0.39 is 6.04 Å². The molecule has 2 amide bonds. The Morgan fingerprint density at radius 2 is 1.69 bits per heavy atom. The molecule has 1 atom stereocenters. The van der Waals surface area contributed by atoms with Crippen LogP contribution in [0.5, 0.6) is 0 Å². The third-order valence-electron chi connectivity index (χ3n) is 3.62. The number of hydrogen-bond donors (Lipinski definition) is 2. The minimum Gasteiger partial charge on any atom is -0.350 e. The normalized spacial score (nSPS) is 11.8. The maximum atomic E-state index is 12.6. The summed E-state index contributed by atoms with van der Waals surface area (Å²) in [5.41, 5.74) is 2.04. The number of amides is 2. The summed E-state index contributed by atoms with van der Waals surface area (Å²) in [4.78, 5) is 35.2. The molecule has 2 rings (SSSR count). The second-order valence-corrected chi connectivity index (χ2v) is 5.97. The van der Waals surface area contributed by atoms with Crippen LogP contribution in [-0.2, 0) is 9.59 Å². The van der Waals surface area contributed by atoms with Crippen LogP contribution in [0.15, 0.2) is 60.7 Å². The van der Waals surface area contributed by atoms with E-state index in [1.165, 1.54) is 13.8 Å². The van der Waals surface area contributed by atoms with Gasteiger partial charge in [-0.1, -0.05) is 54.6 Å². The van der Waals surface area contributed by atoms with Crippen molar-refractivity contribution in [2.75, 3.05) is 5.32 Å². The van der Waals surface area contributed by atoms with E-state index in [0.717, 1.165) is 5.56 Å². The van der Waals surface area contributed by atoms with Crippen molar-refractivity contribution < 1.29 is 14.4 Å². The molecule has 0 aliphatic heterocycles. The molecule has 0 aliphatic rings. The fourth-order valence-electron chi connectivity index (χ4n) is 2.51. The quantitative estimate of drug-likeness (QED) is 0.751. The Labute approximate surface area is 153 Å². The van der Waals surface area contributed by atoms with E-state index in [1.807, 2.05) is 42.5 Å². The van der Waals surface area contributed by atoms with Crippen molar-refractivity contribution in [3.8, 4) is 0 Å². The highest BCUT2D eigenvalue weighted by atomic mass is 16.2. The maximum Gasteiger partial charge on any atom is 0.221 e. The molecule has 0 radical (unpaired) electrons. The number of anilines is 1. The molecule has 134 valence electrons. The predicted molar refractivity (Wildman–Crippen MR) is 103 cm³/mol. The molecule has 26 heavy (non-hydrogen) atoms. The number of carbonyl (C=O) groups excluding carboxylic acids is 3. The molecule has 0 aromatic heterocycles. The number of ketones is 1. The van der Waals surface area contributed by atoms with Crippen molar-refractivity contribution in [3.63, 3.8) is 0 Å². The van der Waals surface area contributed by atoms with Gasteiger partial charge in [0.25, 0.3) is 0 Å². The van der Waals surface area contributed by atoms with Crippen LogP contribution in [0.3, 0.4) is 0 Å². The van der Waals surface area contributed by atoms with E-state index in [4.69, 9.17) is 0 Å². The Morgan fingerprint density at radius 3 is 2.35 bits per heavy atom. The number of carbonyl (C=O) groups is 3. The highest BCUT2D eigenvalue weighted by molar-refractivity contribution is 5.99. The minimum absolute atomic E-state index is 0.117.